The van der Waals surface area contributed by atoms with E-state index in [4.69, 9.17) is 4.42 Å². The third-order valence-corrected chi connectivity index (χ3v) is 3.67. The molecule has 2 aromatic rings. The summed E-state index contributed by atoms with van der Waals surface area (Å²) in [4.78, 5) is 4.46. The molecule has 1 aliphatic carbocycles. The molecule has 0 amide bonds. The van der Waals surface area contributed by atoms with E-state index in [1.54, 1.807) is 11.8 Å². The zero-order valence-electron chi connectivity index (χ0n) is 9.56. The molecule has 1 fully saturated rings. The predicted octanol–water partition coefficient (Wildman–Crippen LogP) is 4.21. The molecular weight excluding hydrogens is 218 g/mol. The number of pyridine rings is 1. The van der Waals surface area contributed by atoms with Crippen LogP contribution in [-0.4, -0.2) is 10.2 Å². The van der Waals surface area contributed by atoms with Gasteiger partial charge in [0.25, 0.3) is 0 Å². The van der Waals surface area contributed by atoms with Gasteiger partial charge in [-0.3, -0.25) is 4.98 Å². The van der Waals surface area contributed by atoms with Gasteiger partial charge in [0.05, 0.1) is 0 Å². The Balaban J connectivity index is 1.96. The number of rotatable bonds is 3. The van der Waals surface area contributed by atoms with Crippen molar-refractivity contribution in [1.82, 2.24) is 4.98 Å². The van der Waals surface area contributed by atoms with E-state index in [9.17, 15) is 0 Å². The maximum atomic E-state index is 5.80. The highest BCUT2D eigenvalue weighted by Gasteiger charge is 2.24. The summed E-state index contributed by atoms with van der Waals surface area (Å²) in [7, 11) is 0. The summed E-state index contributed by atoms with van der Waals surface area (Å²) >= 11 is 1.75. The van der Waals surface area contributed by atoms with E-state index in [2.05, 4.69) is 24.9 Å². The van der Waals surface area contributed by atoms with E-state index in [-0.39, 0.29) is 0 Å². The van der Waals surface area contributed by atoms with Crippen molar-refractivity contribution in [3.05, 3.63) is 23.9 Å². The van der Waals surface area contributed by atoms with Gasteiger partial charge in [-0.1, -0.05) is 25.6 Å². The Hall–Kier alpha value is -0.960. The molecule has 0 aromatic carbocycles. The van der Waals surface area contributed by atoms with Gasteiger partial charge in [-0.05, 0) is 30.4 Å². The lowest BCUT2D eigenvalue weighted by atomic mass is 10.2. The second kappa shape index (κ2) is 3.81. The maximum Gasteiger partial charge on any atom is 0.163 e. The lowest BCUT2D eigenvalue weighted by molar-refractivity contribution is 0.514. The number of fused-ring (bicyclic) bond motifs is 1. The van der Waals surface area contributed by atoms with Gasteiger partial charge in [-0.15, -0.1) is 0 Å². The van der Waals surface area contributed by atoms with Crippen LogP contribution in [0.25, 0.3) is 11.1 Å². The van der Waals surface area contributed by atoms with Crippen molar-refractivity contribution in [2.45, 2.75) is 42.9 Å². The van der Waals surface area contributed by atoms with E-state index in [0.717, 1.165) is 22.1 Å². The Morgan fingerprint density at radius 2 is 2.19 bits per heavy atom. The molecule has 3 heteroatoms. The minimum atomic E-state index is 0.545. The van der Waals surface area contributed by atoms with Crippen molar-refractivity contribution < 1.29 is 4.42 Å². The van der Waals surface area contributed by atoms with Gasteiger partial charge >= 0.3 is 0 Å². The highest BCUT2D eigenvalue weighted by molar-refractivity contribution is 7.99. The minimum Gasteiger partial charge on any atom is -0.448 e. The second-order valence-corrected chi connectivity index (χ2v) is 6.24. The highest BCUT2D eigenvalue weighted by atomic mass is 32.2. The zero-order chi connectivity index (χ0) is 11.1. The standard InChI is InChI=1S/C13H15NOS/c1-8(2)16-13-6-11-12(15-13)5-10(7-14-11)9-3-4-9/h5-9H,3-4H2,1-2H3. The van der Waals surface area contributed by atoms with Gasteiger partial charge in [0.2, 0.25) is 0 Å². The first-order chi connectivity index (χ1) is 7.72. The number of thioether (sulfide) groups is 1. The smallest absolute Gasteiger partial charge is 0.163 e. The van der Waals surface area contributed by atoms with E-state index in [1.165, 1.54) is 18.4 Å². The van der Waals surface area contributed by atoms with Crippen LogP contribution in [0.1, 0.15) is 38.2 Å². The van der Waals surface area contributed by atoms with Crippen molar-refractivity contribution in [2.75, 3.05) is 0 Å². The van der Waals surface area contributed by atoms with Gasteiger partial charge in [0.15, 0.2) is 10.7 Å². The largest absolute Gasteiger partial charge is 0.448 e. The second-order valence-electron chi connectivity index (χ2n) is 4.66. The van der Waals surface area contributed by atoms with Crippen molar-refractivity contribution in [1.29, 1.82) is 0 Å². The van der Waals surface area contributed by atoms with Crippen molar-refractivity contribution >= 4 is 22.9 Å². The molecule has 0 unspecified atom stereocenters. The van der Waals surface area contributed by atoms with Crippen LogP contribution >= 0.6 is 11.8 Å². The van der Waals surface area contributed by atoms with E-state index in [1.807, 2.05) is 12.3 Å². The summed E-state index contributed by atoms with van der Waals surface area (Å²) in [6.45, 7) is 4.34. The monoisotopic (exact) mass is 233 g/mol. The van der Waals surface area contributed by atoms with Gasteiger partial charge in [0, 0.05) is 17.5 Å². The summed E-state index contributed by atoms with van der Waals surface area (Å²) < 4.78 is 5.80. The molecule has 0 spiro atoms. The predicted molar refractivity (Wildman–Crippen MR) is 67.0 cm³/mol. The molecule has 0 atom stereocenters. The number of aromatic nitrogens is 1. The molecule has 1 aliphatic rings. The maximum absolute atomic E-state index is 5.80. The van der Waals surface area contributed by atoms with Crippen LogP contribution < -0.4 is 0 Å². The molecule has 0 radical (unpaired) electrons. The molecule has 2 aromatic heterocycles. The lowest BCUT2D eigenvalue weighted by Crippen LogP contribution is -1.82. The molecule has 0 saturated heterocycles. The molecule has 84 valence electrons. The van der Waals surface area contributed by atoms with E-state index in [0.29, 0.717) is 5.25 Å². The van der Waals surface area contributed by atoms with Crippen molar-refractivity contribution in [2.24, 2.45) is 0 Å². The Bertz CT molecular complexity index is 514. The Labute approximate surface area is 99.4 Å². The molecule has 0 N–H and O–H groups in total. The normalized spacial score (nSPS) is 16.2. The Morgan fingerprint density at radius 3 is 2.88 bits per heavy atom. The SMILES string of the molecule is CC(C)Sc1cc2ncc(C3CC3)cc2o1. The summed E-state index contributed by atoms with van der Waals surface area (Å²) in [5.41, 5.74) is 3.25. The summed E-state index contributed by atoms with van der Waals surface area (Å²) in [6.07, 6.45) is 4.61. The van der Waals surface area contributed by atoms with Gasteiger partial charge in [0.1, 0.15) is 5.52 Å². The molecule has 16 heavy (non-hydrogen) atoms. The first kappa shape index (κ1) is 10.2. The average Bonchev–Trinajstić information content (AvgIpc) is 2.98. The molecule has 3 rings (SSSR count). The van der Waals surface area contributed by atoms with Crippen molar-refractivity contribution in [3.63, 3.8) is 0 Å². The Kier molecular flexibility index (Phi) is 2.43. The first-order valence-electron chi connectivity index (χ1n) is 5.78. The quantitative estimate of drug-likeness (QED) is 0.743. The molecule has 0 aliphatic heterocycles. The van der Waals surface area contributed by atoms with Crippen LogP contribution in [-0.2, 0) is 0 Å². The fraction of sp³-hybridized carbons (Fsp3) is 0.462. The van der Waals surface area contributed by atoms with Gasteiger partial charge < -0.3 is 4.42 Å². The lowest BCUT2D eigenvalue weighted by Gasteiger charge is -1.98. The van der Waals surface area contributed by atoms with E-state index < -0.39 is 0 Å². The molecule has 1 saturated carbocycles. The van der Waals surface area contributed by atoms with Crippen LogP contribution in [0.15, 0.2) is 27.8 Å². The topological polar surface area (TPSA) is 26.0 Å². The van der Waals surface area contributed by atoms with Crippen LogP contribution in [0, 0.1) is 0 Å². The highest BCUT2D eigenvalue weighted by Crippen LogP contribution is 2.41. The molecule has 2 nitrogen and oxygen atoms in total. The van der Waals surface area contributed by atoms with Crippen LogP contribution in [0.5, 0.6) is 0 Å². The molecule has 2 heterocycles. The minimum absolute atomic E-state index is 0.545. The third-order valence-electron chi connectivity index (χ3n) is 2.77. The van der Waals surface area contributed by atoms with Crippen LogP contribution in [0.2, 0.25) is 0 Å². The molecule has 0 bridgehead atoms. The number of hydrogen-bond donors (Lipinski definition) is 0. The Morgan fingerprint density at radius 1 is 1.38 bits per heavy atom. The first-order valence-corrected chi connectivity index (χ1v) is 6.66. The van der Waals surface area contributed by atoms with Crippen LogP contribution in [0.3, 0.4) is 0 Å². The van der Waals surface area contributed by atoms with Gasteiger partial charge in [-0.2, -0.15) is 0 Å². The summed E-state index contributed by atoms with van der Waals surface area (Å²) in [5, 5.41) is 1.52. The van der Waals surface area contributed by atoms with Crippen molar-refractivity contribution in [3.8, 4) is 0 Å². The molecular formula is C13H15NOS. The number of nitrogens with zero attached hydrogens (tertiary/aromatic N) is 1. The average molecular weight is 233 g/mol. The zero-order valence-corrected chi connectivity index (χ0v) is 10.4. The number of hydrogen-bond acceptors (Lipinski definition) is 3. The fourth-order valence-electron chi connectivity index (χ4n) is 1.84. The van der Waals surface area contributed by atoms with Crippen LogP contribution in [0.4, 0.5) is 0 Å². The third kappa shape index (κ3) is 1.96. The van der Waals surface area contributed by atoms with E-state index >= 15 is 0 Å². The summed E-state index contributed by atoms with van der Waals surface area (Å²) in [5.74, 6) is 0.739. The van der Waals surface area contributed by atoms with Gasteiger partial charge in [-0.25, -0.2) is 0 Å². The number of furan rings is 1. The fourth-order valence-corrected chi connectivity index (χ4v) is 2.62. The summed E-state index contributed by atoms with van der Waals surface area (Å²) in [6, 6.07) is 4.20.